The van der Waals surface area contributed by atoms with Gasteiger partial charge in [0.1, 0.15) is 59.2 Å². The van der Waals surface area contributed by atoms with E-state index in [9.17, 15) is 28.8 Å². The van der Waals surface area contributed by atoms with E-state index in [1.54, 1.807) is 48.5 Å². The van der Waals surface area contributed by atoms with Gasteiger partial charge in [0.2, 0.25) is 27.2 Å². The number of hydrogen-bond acceptors (Lipinski definition) is 16. The van der Waals surface area contributed by atoms with Crippen LogP contribution < -0.4 is 37.9 Å². The highest BCUT2D eigenvalue weighted by Crippen LogP contribution is 2.59. The summed E-state index contributed by atoms with van der Waals surface area (Å²) in [6.45, 7) is 8.66. The van der Waals surface area contributed by atoms with Crippen molar-refractivity contribution in [3.63, 3.8) is 0 Å². The zero-order valence-corrected chi connectivity index (χ0v) is 49.0. The van der Waals surface area contributed by atoms with Gasteiger partial charge in [-0.1, -0.05) is 77.6 Å². The first-order valence-corrected chi connectivity index (χ1v) is 29.8. The maximum atomic E-state index is 14.5. The summed E-state index contributed by atoms with van der Waals surface area (Å²) in [4.78, 5) is 86.7. The number of ether oxygens (including phenoxy) is 10. The van der Waals surface area contributed by atoms with Gasteiger partial charge >= 0.3 is 11.9 Å². The van der Waals surface area contributed by atoms with E-state index in [-0.39, 0.29) is 75.7 Å². The van der Waals surface area contributed by atoms with Crippen LogP contribution in [0.15, 0.2) is 72.8 Å². The largest absolute Gasteiger partial charge is 0.461 e. The summed E-state index contributed by atoms with van der Waals surface area (Å²) >= 11 is 0. The molecule has 0 unspecified atom stereocenters. The van der Waals surface area contributed by atoms with E-state index in [1.165, 1.54) is 23.6 Å². The second kappa shape index (κ2) is 22.7. The number of imide groups is 2. The van der Waals surface area contributed by atoms with Crippen molar-refractivity contribution in [2.75, 3.05) is 27.2 Å². The van der Waals surface area contributed by atoms with Crippen molar-refractivity contribution in [1.82, 2.24) is 9.80 Å². The number of hydrogen-bond donors (Lipinski definition) is 0. The minimum Gasteiger partial charge on any atom is -0.461 e. The van der Waals surface area contributed by atoms with E-state index in [2.05, 4.69) is 52.0 Å². The molecule has 7 aliphatic rings. The maximum absolute atomic E-state index is 14.5. The second-order valence-corrected chi connectivity index (χ2v) is 22.8. The van der Waals surface area contributed by atoms with E-state index in [1.807, 2.05) is 0 Å². The van der Waals surface area contributed by atoms with Crippen molar-refractivity contribution in [2.45, 2.75) is 143 Å². The van der Waals surface area contributed by atoms with Gasteiger partial charge in [0.05, 0.1) is 57.6 Å². The van der Waals surface area contributed by atoms with Crippen LogP contribution in [0, 0.1) is 0 Å². The fourth-order valence-corrected chi connectivity index (χ4v) is 14.1. The van der Waals surface area contributed by atoms with Crippen LogP contribution >= 0.6 is 0 Å². The van der Waals surface area contributed by atoms with Crippen LogP contribution in [0.2, 0.25) is 0 Å². The van der Waals surface area contributed by atoms with E-state index in [4.69, 9.17) is 47.4 Å². The number of rotatable bonds is 16. The van der Waals surface area contributed by atoms with Crippen LogP contribution in [0.1, 0.15) is 225 Å². The number of esters is 2. The standard InChI is InChI=1S/C68H66N2O16/c1-7-15-37-45-23-46-38(16-8-2)51-26-52-40(18-10-4)48-24-47-39(17-9-3)50-25-49(37)61-55(29-77-35(5)71)62(50)84-33-81-59(47)54(28-70-67(75)43-21-13-14-22-44(43)68(70)76)60(48)82-34-86-64(52)56(30-78-36(6)72)63(51)85-32-80-58(46)53(57(45)79-31-83-61)27-69-65(73)41-19-11-12-20-42(41)66(69)74/h11-14,19-26,37-40H,7-10,15-18,27-34H2,1-6H3/t37-,38+,39-,40+. The molecule has 0 radical (unpaired) electrons. The van der Waals surface area contributed by atoms with Gasteiger partial charge in [-0.05, 0) is 74.2 Å². The molecule has 18 nitrogen and oxygen atoms in total. The molecule has 444 valence electrons. The molecule has 8 bridgehead atoms. The number of amides is 4. The summed E-state index contributed by atoms with van der Waals surface area (Å²) < 4.78 is 67.1. The van der Waals surface area contributed by atoms with E-state index in [0.29, 0.717) is 120 Å². The topological polar surface area (TPSA) is 201 Å². The van der Waals surface area contributed by atoms with Crippen LogP contribution in [0.3, 0.4) is 0 Å². The molecule has 86 heavy (non-hydrogen) atoms. The molecule has 4 atom stereocenters. The molecule has 6 heterocycles. The Labute approximate surface area is 497 Å². The normalized spacial score (nSPS) is 18.9. The monoisotopic (exact) mass is 1170 g/mol. The van der Waals surface area contributed by atoms with Crippen molar-refractivity contribution in [2.24, 2.45) is 0 Å². The predicted molar refractivity (Wildman–Crippen MR) is 309 cm³/mol. The average molecular weight is 1170 g/mol. The van der Waals surface area contributed by atoms with Crippen LogP contribution in [0.25, 0.3) is 0 Å². The summed E-state index contributed by atoms with van der Waals surface area (Å²) in [5.74, 6) is -1.95. The summed E-state index contributed by atoms with van der Waals surface area (Å²) in [6.07, 6.45) is 4.80. The molecule has 6 aromatic carbocycles. The quantitative estimate of drug-likeness (QED) is 0.0653. The molecule has 13 rings (SSSR count). The van der Waals surface area contributed by atoms with E-state index in [0.717, 1.165) is 44.5 Å². The first kappa shape index (κ1) is 56.1. The number of carbonyl (C=O) groups excluding carboxylic acids is 6. The van der Waals surface area contributed by atoms with E-state index < -0.39 is 59.2 Å². The Kier molecular flexibility index (Phi) is 14.8. The number of benzene rings is 6. The summed E-state index contributed by atoms with van der Waals surface area (Å²) in [5, 5.41) is 0. The highest BCUT2D eigenvalue weighted by molar-refractivity contribution is 6.22. The Hall–Kier alpha value is -9.06. The van der Waals surface area contributed by atoms with Gasteiger partial charge in [0.15, 0.2) is 0 Å². The average Bonchev–Trinajstić information content (AvgIpc) is 1.12. The Bertz CT molecular complexity index is 3390. The Morgan fingerprint density at radius 3 is 0.814 bits per heavy atom. The summed E-state index contributed by atoms with van der Waals surface area (Å²) in [6, 6.07) is 22.1. The van der Waals surface area contributed by atoms with Crippen molar-refractivity contribution in [3.8, 4) is 46.0 Å². The molecular formula is C68H66N2O16. The second-order valence-electron chi connectivity index (χ2n) is 22.8. The lowest BCUT2D eigenvalue weighted by molar-refractivity contribution is -0.143. The first-order valence-electron chi connectivity index (χ1n) is 29.8. The van der Waals surface area contributed by atoms with Gasteiger partial charge in [-0.15, -0.1) is 0 Å². The third-order valence-electron chi connectivity index (χ3n) is 17.7. The van der Waals surface area contributed by atoms with E-state index >= 15 is 0 Å². The summed E-state index contributed by atoms with van der Waals surface area (Å²) in [7, 11) is 0. The molecule has 4 amide bonds. The molecule has 6 aromatic rings. The molecule has 0 aromatic heterocycles. The molecule has 0 N–H and O–H groups in total. The van der Waals surface area contributed by atoms with Crippen LogP contribution in [-0.2, 0) is 45.4 Å². The highest BCUT2D eigenvalue weighted by atomic mass is 16.7. The van der Waals surface area contributed by atoms with Gasteiger partial charge in [0, 0.05) is 82.0 Å². The third kappa shape index (κ3) is 9.21. The molecule has 0 saturated carbocycles. The predicted octanol–water partition coefficient (Wildman–Crippen LogP) is 12.4. The van der Waals surface area contributed by atoms with Crippen molar-refractivity contribution in [3.05, 3.63) is 162 Å². The molecular weight excluding hydrogens is 1100 g/mol. The molecule has 6 aliphatic heterocycles. The highest BCUT2D eigenvalue weighted by Gasteiger charge is 2.45. The van der Waals surface area contributed by atoms with Crippen molar-refractivity contribution >= 4 is 35.6 Å². The molecule has 18 heteroatoms. The molecule has 0 saturated heterocycles. The minimum absolute atomic E-state index is 0.235. The minimum atomic E-state index is -0.529. The fraction of sp³-hybridized carbons (Fsp3) is 0.382. The fourth-order valence-electron chi connectivity index (χ4n) is 14.1. The van der Waals surface area contributed by atoms with Gasteiger partial charge in [-0.2, -0.15) is 0 Å². The number of nitrogens with zero attached hydrogens (tertiary/aromatic N) is 2. The Morgan fingerprint density at radius 2 is 0.605 bits per heavy atom. The molecule has 1 aliphatic carbocycles. The van der Waals surface area contributed by atoms with Crippen LogP contribution in [0.4, 0.5) is 0 Å². The molecule has 0 spiro atoms. The lowest BCUT2D eigenvalue weighted by atomic mass is 9.74. The number of fused-ring (bicyclic) bond motifs is 2. The van der Waals surface area contributed by atoms with Gasteiger partial charge in [-0.25, -0.2) is 0 Å². The van der Waals surface area contributed by atoms with Crippen LogP contribution in [0.5, 0.6) is 46.0 Å². The summed E-state index contributed by atoms with van der Waals surface area (Å²) in [5.41, 5.74) is 8.94. The molecule has 0 fully saturated rings. The van der Waals surface area contributed by atoms with Gasteiger partial charge in [0.25, 0.3) is 23.6 Å². The SMILES string of the molecule is CCC[C@@H]1c2cc3c4c(COC(C)=O)c2OCOc2c1cc1c(c2CN2C(=O)c5ccccc5C2=O)OCOc2c(cc5c(c2COC(C)=O)OCOc2c(cc(c(c2CN2C(=O)c6ccccc6C2=O)OCO4)[C@@H]3CCC)[C@H]5CCC)[C@@H]1CCC. The zero-order chi connectivity index (χ0) is 59.7. The maximum Gasteiger partial charge on any atom is 0.302 e. The van der Waals surface area contributed by atoms with Gasteiger partial charge < -0.3 is 47.4 Å². The Morgan fingerprint density at radius 1 is 0.384 bits per heavy atom. The first-order chi connectivity index (χ1) is 41.8. The lowest BCUT2D eigenvalue weighted by Gasteiger charge is -2.38. The third-order valence-corrected chi connectivity index (χ3v) is 17.7. The van der Waals surface area contributed by atoms with Crippen LogP contribution in [-0.4, -0.2) is 72.5 Å². The Balaban J connectivity index is 1.17. The smallest absolute Gasteiger partial charge is 0.302 e. The van der Waals surface area contributed by atoms with Gasteiger partial charge in [-0.3, -0.25) is 38.6 Å². The lowest BCUT2D eigenvalue weighted by Crippen LogP contribution is -2.31. The zero-order valence-electron chi connectivity index (χ0n) is 49.0. The van der Waals surface area contributed by atoms with Crippen molar-refractivity contribution in [1.29, 1.82) is 0 Å². The number of carbonyl (C=O) groups is 6. The van der Waals surface area contributed by atoms with Crippen molar-refractivity contribution < 1.29 is 76.1 Å².